The number of hydrogen-bond acceptors (Lipinski definition) is 3. The fourth-order valence-corrected chi connectivity index (χ4v) is 1.98. The van der Waals surface area contributed by atoms with Crippen molar-refractivity contribution < 1.29 is 4.79 Å². The quantitative estimate of drug-likeness (QED) is 0.856. The molecule has 6 heteroatoms. The van der Waals surface area contributed by atoms with E-state index in [0.29, 0.717) is 16.3 Å². The van der Waals surface area contributed by atoms with Crippen LogP contribution < -0.4 is 11.1 Å². The van der Waals surface area contributed by atoms with Crippen LogP contribution in [0, 0.1) is 6.92 Å². The van der Waals surface area contributed by atoms with Gasteiger partial charge in [0, 0.05) is 11.8 Å². The highest BCUT2D eigenvalue weighted by Gasteiger charge is 2.10. The van der Waals surface area contributed by atoms with Crippen LogP contribution in [-0.4, -0.2) is 15.9 Å². The van der Waals surface area contributed by atoms with Gasteiger partial charge in [-0.2, -0.15) is 0 Å². The van der Waals surface area contributed by atoms with Crippen molar-refractivity contribution >= 4 is 40.4 Å². The van der Waals surface area contributed by atoms with Gasteiger partial charge in [-0.1, -0.05) is 29.9 Å². The molecule has 0 aliphatic heterocycles. The first kappa shape index (κ1) is 14.4. The van der Waals surface area contributed by atoms with Crippen LogP contribution in [0.2, 0.25) is 5.02 Å². The summed E-state index contributed by atoms with van der Waals surface area (Å²) in [6.07, 6.45) is 1.47. The first-order valence-corrected chi connectivity index (χ1v) is 6.59. The van der Waals surface area contributed by atoms with Crippen LogP contribution in [0.4, 0.5) is 5.69 Å². The van der Waals surface area contributed by atoms with Gasteiger partial charge in [0.15, 0.2) is 0 Å². The Morgan fingerprint density at radius 2 is 2.10 bits per heavy atom. The summed E-state index contributed by atoms with van der Waals surface area (Å²) >= 11 is 10.9. The average molecular weight is 306 g/mol. The third-order valence-electron chi connectivity index (χ3n) is 2.65. The van der Waals surface area contributed by atoms with E-state index >= 15 is 0 Å². The molecule has 1 heterocycles. The van der Waals surface area contributed by atoms with Crippen LogP contribution in [0.1, 0.15) is 21.6 Å². The van der Waals surface area contributed by atoms with Gasteiger partial charge in [-0.3, -0.25) is 9.78 Å². The lowest BCUT2D eigenvalue weighted by molar-refractivity contribution is 0.102. The summed E-state index contributed by atoms with van der Waals surface area (Å²) in [5.41, 5.74) is 7.92. The van der Waals surface area contributed by atoms with Crippen molar-refractivity contribution in [2.45, 2.75) is 6.92 Å². The van der Waals surface area contributed by atoms with Gasteiger partial charge in [-0.05, 0) is 36.8 Å². The number of aryl methyl sites for hydroxylation is 1. The molecule has 0 fully saturated rings. The molecular formula is C14H12ClN3OS. The summed E-state index contributed by atoms with van der Waals surface area (Å²) in [7, 11) is 0. The molecule has 2 rings (SSSR count). The maximum Gasteiger partial charge on any atom is 0.274 e. The number of amides is 1. The Labute approximate surface area is 127 Å². The summed E-state index contributed by atoms with van der Waals surface area (Å²) in [5, 5.41) is 3.19. The minimum absolute atomic E-state index is 0.242. The maximum atomic E-state index is 12.0. The normalized spacial score (nSPS) is 10.1. The molecule has 20 heavy (non-hydrogen) atoms. The number of carbonyl (C=O) groups excluding carboxylic acids is 1. The third kappa shape index (κ3) is 3.31. The zero-order valence-electron chi connectivity index (χ0n) is 10.7. The minimum Gasteiger partial charge on any atom is -0.389 e. The second-order valence-electron chi connectivity index (χ2n) is 4.23. The van der Waals surface area contributed by atoms with Gasteiger partial charge in [-0.15, -0.1) is 0 Å². The number of pyridine rings is 1. The van der Waals surface area contributed by atoms with Crippen molar-refractivity contribution in [2.24, 2.45) is 5.73 Å². The van der Waals surface area contributed by atoms with Gasteiger partial charge >= 0.3 is 0 Å². The number of halogens is 1. The Morgan fingerprint density at radius 1 is 1.35 bits per heavy atom. The standard InChI is InChI=1S/C14H12ClN3OS/c1-8-2-4-11(10(15)6-8)18-14(19)12-5-3-9(7-17-12)13(16)20/h2-7H,1H3,(H2,16,20)(H,18,19). The lowest BCUT2D eigenvalue weighted by Crippen LogP contribution is -2.15. The van der Waals surface area contributed by atoms with E-state index in [1.165, 1.54) is 6.20 Å². The van der Waals surface area contributed by atoms with Gasteiger partial charge in [-0.25, -0.2) is 0 Å². The van der Waals surface area contributed by atoms with Crippen molar-refractivity contribution in [3.05, 3.63) is 58.4 Å². The average Bonchev–Trinajstić information content (AvgIpc) is 2.42. The molecule has 2 aromatic rings. The summed E-state index contributed by atoms with van der Waals surface area (Å²) in [6, 6.07) is 8.61. The van der Waals surface area contributed by atoms with Crippen LogP contribution in [0.5, 0.6) is 0 Å². The van der Waals surface area contributed by atoms with E-state index in [1.807, 2.05) is 13.0 Å². The molecule has 0 bridgehead atoms. The van der Waals surface area contributed by atoms with Crippen LogP contribution in [0.25, 0.3) is 0 Å². The number of nitrogens with two attached hydrogens (primary N) is 1. The zero-order valence-corrected chi connectivity index (χ0v) is 12.3. The Bertz CT molecular complexity index is 671. The summed E-state index contributed by atoms with van der Waals surface area (Å²) < 4.78 is 0. The molecule has 102 valence electrons. The first-order valence-electron chi connectivity index (χ1n) is 5.81. The number of nitrogens with zero attached hydrogens (tertiary/aromatic N) is 1. The molecule has 1 aromatic carbocycles. The lowest BCUT2D eigenvalue weighted by Gasteiger charge is -2.07. The number of aromatic nitrogens is 1. The van der Waals surface area contributed by atoms with E-state index in [-0.39, 0.29) is 16.6 Å². The van der Waals surface area contributed by atoms with Crippen molar-refractivity contribution in [3.8, 4) is 0 Å². The van der Waals surface area contributed by atoms with Gasteiger partial charge in [0.05, 0.1) is 10.7 Å². The number of thiocarbonyl (C=S) groups is 1. The molecule has 0 aliphatic carbocycles. The van der Waals surface area contributed by atoms with E-state index in [1.54, 1.807) is 24.3 Å². The molecule has 0 saturated heterocycles. The highest BCUT2D eigenvalue weighted by molar-refractivity contribution is 7.80. The molecule has 0 saturated carbocycles. The zero-order chi connectivity index (χ0) is 14.7. The number of anilines is 1. The van der Waals surface area contributed by atoms with Crippen LogP contribution in [-0.2, 0) is 0 Å². The summed E-state index contributed by atoms with van der Waals surface area (Å²) in [5.74, 6) is -0.342. The molecule has 1 amide bonds. The maximum absolute atomic E-state index is 12.0. The van der Waals surface area contributed by atoms with E-state index in [9.17, 15) is 4.79 Å². The van der Waals surface area contributed by atoms with Gasteiger partial charge in [0.25, 0.3) is 5.91 Å². The topological polar surface area (TPSA) is 68.0 Å². The molecule has 0 atom stereocenters. The van der Waals surface area contributed by atoms with Gasteiger partial charge < -0.3 is 11.1 Å². The van der Waals surface area contributed by atoms with Crippen molar-refractivity contribution in [2.75, 3.05) is 5.32 Å². The van der Waals surface area contributed by atoms with Crippen molar-refractivity contribution in [3.63, 3.8) is 0 Å². The van der Waals surface area contributed by atoms with Crippen LogP contribution >= 0.6 is 23.8 Å². The number of nitrogens with one attached hydrogen (secondary N) is 1. The second kappa shape index (κ2) is 5.98. The lowest BCUT2D eigenvalue weighted by atomic mass is 10.2. The fourth-order valence-electron chi connectivity index (χ4n) is 1.58. The number of benzene rings is 1. The predicted octanol–water partition coefficient (Wildman–Crippen LogP) is 2.93. The molecular weight excluding hydrogens is 294 g/mol. The summed E-state index contributed by atoms with van der Waals surface area (Å²) in [6.45, 7) is 1.92. The molecule has 0 spiro atoms. The van der Waals surface area contributed by atoms with Crippen LogP contribution in [0.3, 0.4) is 0 Å². The number of carbonyl (C=O) groups is 1. The SMILES string of the molecule is Cc1ccc(NC(=O)c2ccc(C(N)=S)cn2)c(Cl)c1. The first-order chi connectivity index (χ1) is 9.47. The Morgan fingerprint density at radius 3 is 2.65 bits per heavy atom. The van der Waals surface area contributed by atoms with Crippen molar-refractivity contribution in [1.82, 2.24) is 4.98 Å². The predicted molar refractivity (Wildman–Crippen MR) is 84.3 cm³/mol. The number of rotatable bonds is 3. The van der Waals surface area contributed by atoms with E-state index < -0.39 is 0 Å². The highest BCUT2D eigenvalue weighted by atomic mass is 35.5. The summed E-state index contributed by atoms with van der Waals surface area (Å²) in [4.78, 5) is 16.3. The van der Waals surface area contributed by atoms with Gasteiger partial charge in [0.1, 0.15) is 10.7 Å². The third-order valence-corrected chi connectivity index (χ3v) is 3.20. The molecule has 3 N–H and O–H groups in total. The molecule has 0 radical (unpaired) electrons. The number of hydrogen-bond donors (Lipinski definition) is 2. The minimum atomic E-state index is -0.342. The Balaban J connectivity index is 2.17. The molecule has 0 aliphatic rings. The van der Waals surface area contributed by atoms with E-state index in [4.69, 9.17) is 29.6 Å². The van der Waals surface area contributed by atoms with Gasteiger partial charge in [0.2, 0.25) is 0 Å². The Hall–Kier alpha value is -1.98. The highest BCUT2D eigenvalue weighted by Crippen LogP contribution is 2.23. The molecule has 0 unspecified atom stereocenters. The second-order valence-corrected chi connectivity index (χ2v) is 5.08. The largest absolute Gasteiger partial charge is 0.389 e. The van der Waals surface area contributed by atoms with Crippen LogP contribution in [0.15, 0.2) is 36.5 Å². The van der Waals surface area contributed by atoms with E-state index in [0.717, 1.165) is 5.56 Å². The molecule has 4 nitrogen and oxygen atoms in total. The smallest absolute Gasteiger partial charge is 0.274 e. The van der Waals surface area contributed by atoms with Crippen molar-refractivity contribution in [1.29, 1.82) is 0 Å². The van der Waals surface area contributed by atoms with E-state index in [2.05, 4.69) is 10.3 Å². The Kier molecular flexibility index (Phi) is 4.32. The molecule has 1 aromatic heterocycles. The fraction of sp³-hybridized carbons (Fsp3) is 0.0714. The monoisotopic (exact) mass is 305 g/mol.